The molecule has 0 radical (unpaired) electrons. The van der Waals surface area contributed by atoms with Crippen LogP contribution in [0, 0.1) is 6.92 Å². The largest absolute Gasteiger partial charge is 0.495 e. The second kappa shape index (κ2) is 9.37. The minimum atomic E-state index is -3.72. The molecule has 7 nitrogen and oxygen atoms in total. The van der Waals surface area contributed by atoms with Gasteiger partial charge in [0.25, 0.3) is 0 Å². The maximum atomic E-state index is 13.1. The number of nitrogens with one attached hydrogen (secondary N) is 1. The molecule has 0 bridgehead atoms. The summed E-state index contributed by atoms with van der Waals surface area (Å²) >= 11 is 6.10. The van der Waals surface area contributed by atoms with Crippen LogP contribution in [-0.2, 0) is 14.8 Å². The third-order valence-electron chi connectivity index (χ3n) is 4.35. The summed E-state index contributed by atoms with van der Waals surface area (Å²) < 4.78 is 36.6. The van der Waals surface area contributed by atoms with Gasteiger partial charge in [-0.25, -0.2) is 8.42 Å². The van der Waals surface area contributed by atoms with Crippen LogP contribution in [0.25, 0.3) is 0 Å². The third kappa shape index (κ3) is 5.33. The molecule has 2 aromatic rings. The first-order valence-electron chi connectivity index (χ1n) is 8.90. The van der Waals surface area contributed by atoms with Crippen molar-refractivity contribution in [3.8, 4) is 11.5 Å². The summed E-state index contributed by atoms with van der Waals surface area (Å²) in [6.07, 6.45) is 1.34. The Balaban J connectivity index is 2.44. The van der Waals surface area contributed by atoms with Gasteiger partial charge in [0, 0.05) is 12.1 Å². The first kappa shape index (κ1) is 22.8. The van der Waals surface area contributed by atoms with E-state index in [1.807, 2.05) is 6.92 Å². The normalized spacial score (nSPS) is 12.2. The van der Waals surface area contributed by atoms with E-state index < -0.39 is 22.0 Å². The molecule has 0 fully saturated rings. The van der Waals surface area contributed by atoms with Crippen molar-refractivity contribution in [3.05, 3.63) is 47.0 Å². The number of benzene rings is 2. The number of methoxy groups -OCH3 is 2. The number of carbonyl (C=O) groups is 1. The summed E-state index contributed by atoms with van der Waals surface area (Å²) in [4.78, 5) is 13.1. The van der Waals surface area contributed by atoms with Gasteiger partial charge in [0.2, 0.25) is 15.9 Å². The maximum Gasteiger partial charge on any atom is 0.248 e. The Kier molecular flexibility index (Phi) is 7.37. The van der Waals surface area contributed by atoms with Gasteiger partial charge < -0.3 is 14.8 Å². The topological polar surface area (TPSA) is 84.9 Å². The van der Waals surface area contributed by atoms with Gasteiger partial charge in [-0.3, -0.25) is 9.10 Å². The van der Waals surface area contributed by atoms with Gasteiger partial charge in [0.15, 0.2) is 0 Å². The van der Waals surface area contributed by atoms with Crippen molar-refractivity contribution in [1.82, 2.24) is 0 Å². The lowest BCUT2D eigenvalue weighted by Gasteiger charge is -2.30. The standard InChI is InChI=1S/C20H25ClN2O5S/c1-6-17(23(29(5,25)26)14-9-7-13(2)8-10-14)20(24)22-16-12-18(27-3)15(21)11-19(16)28-4/h7-12,17H,6H2,1-5H3,(H,22,24)/t17-/m1/s1. The number of hydrogen-bond donors (Lipinski definition) is 1. The van der Waals surface area contributed by atoms with Crippen molar-refractivity contribution in [2.24, 2.45) is 0 Å². The van der Waals surface area contributed by atoms with Crippen LogP contribution in [0.3, 0.4) is 0 Å². The minimum absolute atomic E-state index is 0.264. The van der Waals surface area contributed by atoms with Crippen LogP contribution < -0.4 is 19.1 Å². The lowest BCUT2D eigenvalue weighted by molar-refractivity contribution is -0.117. The quantitative estimate of drug-likeness (QED) is 0.673. The van der Waals surface area contributed by atoms with Crippen LogP contribution in [0.15, 0.2) is 36.4 Å². The number of rotatable bonds is 8. The van der Waals surface area contributed by atoms with E-state index in [4.69, 9.17) is 21.1 Å². The molecule has 1 amide bonds. The maximum absolute atomic E-state index is 13.1. The first-order chi connectivity index (χ1) is 13.6. The highest BCUT2D eigenvalue weighted by atomic mass is 35.5. The molecule has 9 heteroatoms. The van der Waals surface area contributed by atoms with Gasteiger partial charge >= 0.3 is 0 Å². The monoisotopic (exact) mass is 440 g/mol. The highest BCUT2D eigenvalue weighted by Gasteiger charge is 2.32. The summed E-state index contributed by atoms with van der Waals surface area (Å²) in [5.41, 5.74) is 1.73. The SMILES string of the molecule is CC[C@H](C(=O)Nc1cc(OC)c(Cl)cc1OC)N(c1ccc(C)cc1)S(C)(=O)=O. The van der Waals surface area contributed by atoms with E-state index in [0.717, 1.165) is 16.1 Å². The molecular weight excluding hydrogens is 416 g/mol. The minimum Gasteiger partial charge on any atom is -0.495 e. The molecule has 0 unspecified atom stereocenters. The lowest BCUT2D eigenvalue weighted by atomic mass is 10.1. The third-order valence-corrected chi connectivity index (χ3v) is 5.83. The molecule has 0 spiro atoms. The molecule has 29 heavy (non-hydrogen) atoms. The Labute approximate surface area is 176 Å². The number of halogens is 1. The Morgan fingerprint density at radius 1 is 1.14 bits per heavy atom. The average molecular weight is 441 g/mol. The molecule has 2 rings (SSSR count). The van der Waals surface area contributed by atoms with Crippen LogP contribution in [0.5, 0.6) is 11.5 Å². The summed E-state index contributed by atoms with van der Waals surface area (Å²) in [5, 5.41) is 3.07. The van der Waals surface area contributed by atoms with Crippen LogP contribution in [0.4, 0.5) is 11.4 Å². The zero-order chi connectivity index (χ0) is 21.8. The molecule has 0 saturated carbocycles. The van der Waals surface area contributed by atoms with E-state index in [-0.39, 0.29) is 6.42 Å². The molecule has 1 N–H and O–H groups in total. The van der Waals surface area contributed by atoms with Gasteiger partial charge in [-0.2, -0.15) is 0 Å². The molecule has 0 aromatic heterocycles. The fraction of sp³-hybridized carbons (Fsp3) is 0.350. The van der Waals surface area contributed by atoms with Gasteiger partial charge in [0.1, 0.15) is 17.5 Å². The predicted octanol–water partition coefficient (Wildman–Crippen LogP) is 3.85. The highest BCUT2D eigenvalue weighted by molar-refractivity contribution is 7.92. The molecule has 0 saturated heterocycles. The number of amides is 1. The second-order valence-electron chi connectivity index (χ2n) is 6.49. The summed E-state index contributed by atoms with van der Waals surface area (Å²) in [7, 11) is -0.819. The highest BCUT2D eigenvalue weighted by Crippen LogP contribution is 2.36. The fourth-order valence-corrected chi connectivity index (χ4v) is 4.37. The Morgan fingerprint density at radius 3 is 2.21 bits per heavy atom. The lowest BCUT2D eigenvalue weighted by Crippen LogP contribution is -2.47. The first-order valence-corrected chi connectivity index (χ1v) is 11.1. The van der Waals surface area contributed by atoms with Gasteiger partial charge in [0.05, 0.1) is 36.9 Å². The molecule has 0 aliphatic carbocycles. The number of nitrogens with zero attached hydrogens (tertiary/aromatic N) is 1. The number of ether oxygens (including phenoxy) is 2. The Bertz CT molecular complexity index is 977. The molecule has 158 valence electrons. The summed E-state index contributed by atoms with van der Waals surface area (Å²) in [6.45, 7) is 3.65. The summed E-state index contributed by atoms with van der Waals surface area (Å²) in [6, 6.07) is 9.04. The number of anilines is 2. The van der Waals surface area contributed by atoms with Crippen LogP contribution in [0.2, 0.25) is 5.02 Å². The molecular formula is C20H25ClN2O5S. The molecule has 2 aromatic carbocycles. The zero-order valence-corrected chi connectivity index (χ0v) is 18.6. The van der Waals surface area contributed by atoms with Gasteiger partial charge in [-0.15, -0.1) is 0 Å². The van der Waals surface area contributed by atoms with Crippen molar-refractivity contribution in [1.29, 1.82) is 0 Å². The van der Waals surface area contributed by atoms with E-state index in [9.17, 15) is 13.2 Å². The van der Waals surface area contributed by atoms with Crippen molar-refractivity contribution >= 4 is 38.9 Å². The Hall–Kier alpha value is -2.45. The molecule has 1 atom stereocenters. The number of sulfonamides is 1. The summed E-state index contributed by atoms with van der Waals surface area (Å²) in [5.74, 6) is 0.190. The van der Waals surface area contributed by atoms with Gasteiger partial charge in [-0.05, 0) is 25.5 Å². The van der Waals surface area contributed by atoms with Crippen molar-refractivity contribution in [2.75, 3.05) is 30.1 Å². The van der Waals surface area contributed by atoms with E-state index in [0.29, 0.717) is 27.9 Å². The molecule has 0 heterocycles. The van der Waals surface area contributed by atoms with Crippen LogP contribution >= 0.6 is 11.6 Å². The Morgan fingerprint density at radius 2 is 1.72 bits per heavy atom. The van der Waals surface area contributed by atoms with E-state index >= 15 is 0 Å². The second-order valence-corrected chi connectivity index (χ2v) is 8.76. The number of carbonyl (C=O) groups excluding carboxylic acids is 1. The van der Waals surface area contributed by atoms with Crippen molar-refractivity contribution < 1.29 is 22.7 Å². The zero-order valence-electron chi connectivity index (χ0n) is 17.0. The molecule has 0 aliphatic rings. The van der Waals surface area contributed by atoms with Crippen LogP contribution in [0.1, 0.15) is 18.9 Å². The predicted molar refractivity (Wildman–Crippen MR) is 116 cm³/mol. The average Bonchev–Trinajstić information content (AvgIpc) is 2.66. The number of aryl methyl sites for hydroxylation is 1. The van der Waals surface area contributed by atoms with Gasteiger partial charge in [-0.1, -0.05) is 36.2 Å². The molecule has 0 aliphatic heterocycles. The van der Waals surface area contributed by atoms with E-state index in [1.54, 1.807) is 31.2 Å². The van der Waals surface area contributed by atoms with E-state index in [1.165, 1.54) is 26.4 Å². The number of hydrogen-bond acceptors (Lipinski definition) is 5. The smallest absolute Gasteiger partial charge is 0.248 e. The van der Waals surface area contributed by atoms with Crippen LogP contribution in [-0.4, -0.2) is 40.8 Å². The van der Waals surface area contributed by atoms with Crippen molar-refractivity contribution in [3.63, 3.8) is 0 Å². The van der Waals surface area contributed by atoms with Crippen molar-refractivity contribution in [2.45, 2.75) is 26.3 Å². The fourth-order valence-electron chi connectivity index (χ4n) is 2.93. The van der Waals surface area contributed by atoms with E-state index in [2.05, 4.69) is 5.32 Å².